The van der Waals surface area contributed by atoms with E-state index in [-0.39, 0.29) is 5.91 Å². The maximum atomic E-state index is 12.2. The second-order valence-electron chi connectivity index (χ2n) is 5.57. The molecule has 1 saturated carbocycles. The molecule has 1 fully saturated rings. The SMILES string of the molecule is CN(CCC1CCCC1)C(=O)c1ccc(CN)cc1. The second kappa shape index (κ2) is 6.71. The van der Waals surface area contributed by atoms with E-state index in [2.05, 4.69) is 0 Å². The molecule has 3 nitrogen and oxygen atoms in total. The van der Waals surface area contributed by atoms with Crippen molar-refractivity contribution in [3.63, 3.8) is 0 Å². The fourth-order valence-corrected chi connectivity index (χ4v) is 2.78. The Morgan fingerprint density at radius 1 is 1.26 bits per heavy atom. The van der Waals surface area contributed by atoms with Crippen LogP contribution in [0.4, 0.5) is 0 Å². The van der Waals surface area contributed by atoms with Crippen molar-refractivity contribution < 1.29 is 4.79 Å². The summed E-state index contributed by atoms with van der Waals surface area (Å²) in [7, 11) is 1.90. The summed E-state index contributed by atoms with van der Waals surface area (Å²) in [5.41, 5.74) is 7.37. The zero-order valence-electron chi connectivity index (χ0n) is 11.8. The molecule has 1 aliphatic carbocycles. The lowest BCUT2D eigenvalue weighted by Gasteiger charge is -2.19. The number of benzene rings is 1. The van der Waals surface area contributed by atoms with Gasteiger partial charge in [-0.2, -0.15) is 0 Å². The largest absolute Gasteiger partial charge is 0.342 e. The third-order valence-corrected chi connectivity index (χ3v) is 4.13. The van der Waals surface area contributed by atoms with Crippen LogP contribution in [0.5, 0.6) is 0 Å². The first-order valence-electron chi connectivity index (χ1n) is 7.25. The highest BCUT2D eigenvalue weighted by Gasteiger charge is 2.17. The van der Waals surface area contributed by atoms with E-state index in [9.17, 15) is 4.79 Å². The number of amides is 1. The van der Waals surface area contributed by atoms with E-state index in [0.29, 0.717) is 6.54 Å². The van der Waals surface area contributed by atoms with E-state index >= 15 is 0 Å². The summed E-state index contributed by atoms with van der Waals surface area (Å²) in [5, 5.41) is 0. The van der Waals surface area contributed by atoms with Crippen LogP contribution >= 0.6 is 0 Å². The van der Waals surface area contributed by atoms with Crippen LogP contribution in [-0.2, 0) is 6.54 Å². The lowest BCUT2D eigenvalue weighted by atomic mass is 10.0. The normalized spacial score (nSPS) is 15.7. The van der Waals surface area contributed by atoms with Gasteiger partial charge in [-0.1, -0.05) is 37.8 Å². The Labute approximate surface area is 115 Å². The van der Waals surface area contributed by atoms with Crippen molar-refractivity contribution in [1.29, 1.82) is 0 Å². The van der Waals surface area contributed by atoms with E-state index in [0.717, 1.165) is 30.0 Å². The molecule has 1 aliphatic rings. The van der Waals surface area contributed by atoms with Crippen molar-refractivity contribution in [2.45, 2.75) is 38.6 Å². The Morgan fingerprint density at radius 2 is 1.89 bits per heavy atom. The molecule has 19 heavy (non-hydrogen) atoms. The van der Waals surface area contributed by atoms with Gasteiger partial charge in [-0.25, -0.2) is 0 Å². The lowest BCUT2D eigenvalue weighted by molar-refractivity contribution is 0.0787. The number of hydrogen-bond donors (Lipinski definition) is 1. The van der Waals surface area contributed by atoms with Gasteiger partial charge in [0.1, 0.15) is 0 Å². The minimum absolute atomic E-state index is 0.113. The summed E-state index contributed by atoms with van der Waals surface area (Å²) in [4.78, 5) is 14.1. The van der Waals surface area contributed by atoms with Gasteiger partial charge in [-0.15, -0.1) is 0 Å². The van der Waals surface area contributed by atoms with Crippen LogP contribution in [0.1, 0.15) is 48.0 Å². The summed E-state index contributed by atoms with van der Waals surface area (Å²) in [6, 6.07) is 7.60. The quantitative estimate of drug-likeness (QED) is 0.885. The summed E-state index contributed by atoms with van der Waals surface area (Å²) < 4.78 is 0. The monoisotopic (exact) mass is 260 g/mol. The molecule has 104 valence electrons. The molecule has 0 spiro atoms. The molecule has 2 rings (SSSR count). The highest BCUT2D eigenvalue weighted by atomic mass is 16.2. The summed E-state index contributed by atoms with van der Waals surface area (Å²) in [6.45, 7) is 1.38. The first-order chi connectivity index (χ1) is 9.20. The Hall–Kier alpha value is -1.35. The average Bonchev–Trinajstić information content (AvgIpc) is 2.97. The third kappa shape index (κ3) is 3.80. The molecule has 0 unspecified atom stereocenters. The second-order valence-corrected chi connectivity index (χ2v) is 5.57. The molecule has 0 radical (unpaired) electrons. The van der Waals surface area contributed by atoms with Gasteiger partial charge >= 0.3 is 0 Å². The van der Waals surface area contributed by atoms with E-state index in [4.69, 9.17) is 5.73 Å². The molecular weight excluding hydrogens is 236 g/mol. The number of carbonyl (C=O) groups is 1. The number of carbonyl (C=O) groups excluding carboxylic acids is 1. The molecule has 0 bridgehead atoms. The zero-order valence-corrected chi connectivity index (χ0v) is 11.8. The van der Waals surface area contributed by atoms with Crippen LogP contribution in [0.3, 0.4) is 0 Å². The molecule has 1 aromatic rings. The van der Waals surface area contributed by atoms with Crippen molar-refractivity contribution >= 4 is 5.91 Å². The Morgan fingerprint density at radius 3 is 2.47 bits per heavy atom. The van der Waals surface area contributed by atoms with Gasteiger partial charge in [-0.3, -0.25) is 4.79 Å². The summed E-state index contributed by atoms with van der Waals surface area (Å²) in [5.74, 6) is 0.941. The predicted octanol–water partition coefficient (Wildman–Crippen LogP) is 2.80. The van der Waals surface area contributed by atoms with E-state index in [1.807, 2.05) is 36.2 Å². The molecule has 1 amide bonds. The topological polar surface area (TPSA) is 46.3 Å². The van der Waals surface area contributed by atoms with Crippen molar-refractivity contribution in [2.75, 3.05) is 13.6 Å². The maximum absolute atomic E-state index is 12.2. The van der Waals surface area contributed by atoms with E-state index < -0.39 is 0 Å². The van der Waals surface area contributed by atoms with Crippen LogP contribution in [0.2, 0.25) is 0 Å². The third-order valence-electron chi connectivity index (χ3n) is 4.13. The molecule has 0 aromatic heterocycles. The van der Waals surface area contributed by atoms with Crippen LogP contribution in [0.15, 0.2) is 24.3 Å². The number of nitrogens with zero attached hydrogens (tertiary/aromatic N) is 1. The first-order valence-corrected chi connectivity index (χ1v) is 7.25. The average molecular weight is 260 g/mol. The number of hydrogen-bond acceptors (Lipinski definition) is 2. The fourth-order valence-electron chi connectivity index (χ4n) is 2.78. The highest BCUT2D eigenvalue weighted by Crippen LogP contribution is 2.27. The minimum Gasteiger partial charge on any atom is -0.342 e. The van der Waals surface area contributed by atoms with Gasteiger partial charge in [0.15, 0.2) is 0 Å². The van der Waals surface area contributed by atoms with Crippen molar-refractivity contribution in [3.05, 3.63) is 35.4 Å². The molecule has 0 atom stereocenters. The molecule has 0 aliphatic heterocycles. The molecule has 1 aromatic carbocycles. The Bertz CT molecular complexity index is 407. The lowest BCUT2D eigenvalue weighted by Crippen LogP contribution is -2.28. The van der Waals surface area contributed by atoms with Gasteiger partial charge < -0.3 is 10.6 Å². The molecule has 0 heterocycles. The van der Waals surface area contributed by atoms with Crippen molar-refractivity contribution in [2.24, 2.45) is 11.7 Å². The van der Waals surface area contributed by atoms with Gasteiger partial charge in [-0.05, 0) is 30.0 Å². The smallest absolute Gasteiger partial charge is 0.253 e. The predicted molar refractivity (Wildman–Crippen MR) is 77.9 cm³/mol. The summed E-state index contributed by atoms with van der Waals surface area (Å²) >= 11 is 0. The summed E-state index contributed by atoms with van der Waals surface area (Å²) in [6.07, 6.45) is 6.55. The number of nitrogens with two attached hydrogens (primary N) is 1. The van der Waals surface area contributed by atoms with Crippen LogP contribution in [-0.4, -0.2) is 24.4 Å². The fraction of sp³-hybridized carbons (Fsp3) is 0.562. The Balaban J connectivity index is 1.86. The van der Waals surface area contributed by atoms with Gasteiger partial charge in [0.2, 0.25) is 0 Å². The van der Waals surface area contributed by atoms with Gasteiger partial charge in [0.25, 0.3) is 5.91 Å². The maximum Gasteiger partial charge on any atom is 0.253 e. The standard InChI is InChI=1S/C16H24N2O/c1-18(11-10-13-4-2-3-5-13)16(19)15-8-6-14(12-17)7-9-15/h6-9,13H,2-5,10-12,17H2,1H3. The van der Waals surface area contributed by atoms with Crippen LogP contribution < -0.4 is 5.73 Å². The van der Waals surface area contributed by atoms with Crippen molar-refractivity contribution in [3.8, 4) is 0 Å². The molecular formula is C16H24N2O. The van der Waals surface area contributed by atoms with E-state index in [1.165, 1.54) is 25.7 Å². The highest BCUT2D eigenvalue weighted by molar-refractivity contribution is 5.94. The molecule has 3 heteroatoms. The van der Waals surface area contributed by atoms with Crippen molar-refractivity contribution in [1.82, 2.24) is 4.90 Å². The first kappa shape index (κ1) is 14.1. The van der Waals surface area contributed by atoms with E-state index in [1.54, 1.807) is 0 Å². The van der Waals surface area contributed by atoms with Gasteiger partial charge in [0, 0.05) is 25.7 Å². The minimum atomic E-state index is 0.113. The van der Waals surface area contributed by atoms with Gasteiger partial charge in [0.05, 0.1) is 0 Å². The number of rotatable bonds is 5. The molecule has 0 saturated heterocycles. The molecule has 2 N–H and O–H groups in total. The van der Waals surface area contributed by atoms with Crippen LogP contribution in [0, 0.1) is 5.92 Å². The Kier molecular flexibility index (Phi) is 4.97. The van der Waals surface area contributed by atoms with Crippen LogP contribution in [0.25, 0.3) is 0 Å². The zero-order chi connectivity index (χ0) is 13.7.